The number of benzene rings is 4. The molecule has 0 spiro atoms. The minimum absolute atomic E-state index is 0.0813. The molecule has 0 saturated heterocycles. The zero-order valence-electron chi connectivity index (χ0n) is 15.3. The molecule has 0 heterocycles. The van der Waals surface area contributed by atoms with Crippen LogP contribution in [0.25, 0.3) is 21.9 Å². The van der Waals surface area contributed by atoms with Crippen LogP contribution in [0.2, 0.25) is 0 Å². The number of nitrogens with two attached hydrogens (primary N) is 1. The van der Waals surface area contributed by atoms with Crippen molar-refractivity contribution in [3.05, 3.63) is 96.1 Å². The van der Waals surface area contributed by atoms with Gasteiger partial charge in [0.25, 0.3) is 0 Å². The number of carboxylic acids is 1. The number of hydrogen-bond acceptors (Lipinski definition) is 3. The van der Waals surface area contributed by atoms with Crippen LogP contribution in [0.1, 0.15) is 20.7 Å². The topological polar surface area (TPSA) is 89.6 Å². The fourth-order valence-corrected chi connectivity index (χ4v) is 3.30. The highest BCUT2D eigenvalue weighted by atomic mass is 16.5. The number of primary amides is 1. The summed E-state index contributed by atoms with van der Waals surface area (Å²) >= 11 is 0. The number of carbonyl (C=O) groups is 2. The molecule has 0 atom stereocenters. The first-order valence-corrected chi connectivity index (χ1v) is 8.96. The summed E-state index contributed by atoms with van der Waals surface area (Å²) in [4.78, 5) is 23.6. The van der Waals surface area contributed by atoms with E-state index in [1.54, 1.807) is 36.4 Å². The highest BCUT2D eigenvalue weighted by Gasteiger charge is 2.17. The lowest BCUT2D eigenvalue weighted by molar-refractivity contribution is 0.0697. The Kier molecular flexibility index (Phi) is 4.71. The second-order valence-electron chi connectivity index (χ2n) is 6.53. The van der Waals surface area contributed by atoms with Crippen molar-refractivity contribution in [3.8, 4) is 22.6 Å². The molecule has 0 bridgehead atoms. The summed E-state index contributed by atoms with van der Waals surface area (Å²) in [5, 5.41) is 11.6. The molecule has 0 unspecified atom stereocenters. The van der Waals surface area contributed by atoms with Gasteiger partial charge in [-0.25, -0.2) is 4.79 Å². The maximum atomic E-state index is 11.9. The normalized spacial score (nSPS) is 10.6. The van der Waals surface area contributed by atoms with Crippen molar-refractivity contribution in [3.63, 3.8) is 0 Å². The quantitative estimate of drug-likeness (QED) is 0.502. The molecule has 5 heteroatoms. The molecule has 0 aliphatic heterocycles. The van der Waals surface area contributed by atoms with Crippen LogP contribution in [0.15, 0.2) is 84.9 Å². The van der Waals surface area contributed by atoms with E-state index in [1.165, 1.54) is 6.07 Å². The van der Waals surface area contributed by atoms with E-state index in [0.29, 0.717) is 22.6 Å². The first-order chi connectivity index (χ1) is 14.0. The molecule has 0 radical (unpaired) electrons. The SMILES string of the molecule is NC(=O)c1ccc(Oc2ccc3ccccc3c2)cc1-c1ccccc1C(=O)O. The molecule has 0 aliphatic rings. The minimum atomic E-state index is -1.09. The number of ether oxygens (including phenoxy) is 1. The van der Waals surface area contributed by atoms with Crippen molar-refractivity contribution in [1.82, 2.24) is 0 Å². The van der Waals surface area contributed by atoms with Gasteiger partial charge in [0, 0.05) is 5.56 Å². The van der Waals surface area contributed by atoms with Crippen LogP contribution in [-0.4, -0.2) is 17.0 Å². The number of hydrogen-bond donors (Lipinski definition) is 2. The number of amides is 1. The molecule has 29 heavy (non-hydrogen) atoms. The highest BCUT2D eigenvalue weighted by molar-refractivity contribution is 6.04. The van der Waals surface area contributed by atoms with E-state index in [-0.39, 0.29) is 11.1 Å². The Hall–Kier alpha value is -4.12. The summed E-state index contributed by atoms with van der Waals surface area (Å²) in [6.45, 7) is 0. The Bertz CT molecular complexity index is 1250. The fourth-order valence-electron chi connectivity index (χ4n) is 3.30. The van der Waals surface area contributed by atoms with Crippen molar-refractivity contribution in [2.75, 3.05) is 0 Å². The van der Waals surface area contributed by atoms with Gasteiger partial charge in [0.15, 0.2) is 0 Å². The first kappa shape index (κ1) is 18.3. The first-order valence-electron chi connectivity index (χ1n) is 8.96. The standard InChI is InChI=1S/C24H17NO4/c25-23(26)20-12-11-18(14-22(20)19-7-3-4-8-21(19)24(27)28)29-17-10-9-15-5-1-2-6-16(15)13-17/h1-14H,(H2,25,26)(H,27,28). The lowest BCUT2D eigenvalue weighted by Crippen LogP contribution is -2.13. The van der Waals surface area contributed by atoms with E-state index in [4.69, 9.17) is 10.5 Å². The van der Waals surface area contributed by atoms with Gasteiger partial charge in [-0.2, -0.15) is 0 Å². The fraction of sp³-hybridized carbons (Fsp3) is 0. The van der Waals surface area contributed by atoms with Gasteiger partial charge in [0.05, 0.1) is 5.56 Å². The number of aromatic carboxylic acids is 1. The van der Waals surface area contributed by atoms with Crippen LogP contribution in [0.4, 0.5) is 0 Å². The van der Waals surface area contributed by atoms with Gasteiger partial charge in [-0.3, -0.25) is 4.79 Å². The molecule has 142 valence electrons. The molecule has 4 aromatic carbocycles. The summed E-state index contributed by atoms with van der Waals surface area (Å²) in [5.74, 6) is -0.622. The van der Waals surface area contributed by atoms with Crippen LogP contribution >= 0.6 is 0 Å². The Morgan fingerprint density at radius 2 is 1.34 bits per heavy atom. The summed E-state index contributed by atoms with van der Waals surface area (Å²) < 4.78 is 5.98. The third kappa shape index (κ3) is 3.66. The van der Waals surface area contributed by atoms with Crippen molar-refractivity contribution in [2.24, 2.45) is 5.73 Å². The van der Waals surface area contributed by atoms with Gasteiger partial charge in [-0.15, -0.1) is 0 Å². The molecule has 4 aromatic rings. The molecule has 4 rings (SSSR count). The van der Waals surface area contributed by atoms with E-state index in [1.807, 2.05) is 42.5 Å². The molecular weight excluding hydrogens is 366 g/mol. The van der Waals surface area contributed by atoms with E-state index in [9.17, 15) is 14.7 Å². The molecule has 5 nitrogen and oxygen atoms in total. The zero-order valence-corrected chi connectivity index (χ0v) is 15.3. The monoisotopic (exact) mass is 383 g/mol. The van der Waals surface area contributed by atoms with Gasteiger partial charge in [0.2, 0.25) is 5.91 Å². The molecule has 0 fully saturated rings. The third-order valence-corrected chi connectivity index (χ3v) is 4.66. The summed E-state index contributed by atoms with van der Waals surface area (Å²) in [6.07, 6.45) is 0. The van der Waals surface area contributed by atoms with Crippen LogP contribution in [-0.2, 0) is 0 Å². The van der Waals surface area contributed by atoms with E-state index in [2.05, 4.69) is 0 Å². The summed E-state index contributed by atoms with van der Waals surface area (Å²) in [5.41, 5.74) is 6.64. The zero-order chi connectivity index (χ0) is 20.4. The second kappa shape index (κ2) is 7.48. The number of rotatable bonds is 5. The van der Waals surface area contributed by atoms with Crippen molar-refractivity contribution in [2.45, 2.75) is 0 Å². The molecule has 0 aromatic heterocycles. The lowest BCUT2D eigenvalue weighted by Gasteiger charge is -2.13. The molecule has 3 N–H and O–H groups in total. The Labute approximate surface area is 167 Å². The number of fused-ring (bicyclic) bond motifs is 1. The summed E-state index contributed by atoms with van der Waals surface area (Å²) in [7, 11) is 0. The Morgan fingerprint density at radius 1 is 0.690 bits per heavy atom. The van der Waals surface area contributed by atoms with Crippen LogP contribution in [0, 0.1) is 0 Å². The van der Waals surface area contributed by atoms with E-state index in [0.717, 1.165) is 10.8 Å². The Morgan fingerprint density at radius 3 is 2.10 bits per heavy atom. The number of carbonyl (C=O) groups excluding carboxylic acids is 1. The van der Waals surface area contributed by atoms with E-state index >= 15 is 0 Å². The van der Waals surface area contributed by atoms with Gasteiger partial charge >= 0.3 is 5.97 Å². The molecule has 0 aliphatic carbocycles. The average molecular weight is 383 g/mol. The predicted molar refractivity (Wildman–Crippen MR) is 111 cm³/mol. The van der Waals surface area contributed by atoms with Crippen LogP contribution in [0.5, 0.6) is 11.5 Å². The van der Waals surface area contributed by atoms with Gasteiger partial charge in [-0.05, 0) is 58.3 Å². The lowest BCUT2D eigenvalue weighted by atomic mass is 9.95. The smallest absolute Gasteiger partial charge is 0.336 e. The van der Waals surface area contributed by atoms with E-state index < -0.39 is 11.9 Å². The third-order valence-electron chi connectivity index (χ3n) is 4.66. The second-order valence-corrected chi connectivity index (χ2v) is 6.53. The maximum Gasteiger partial charge on any atom is 0.336 e. The Balaban J connectivity index is 1.79. The van der Waals surface area contributed by atoms with Gasteiger partial charge in [0.1, 0.15) is 11.5 Å². The van der Waals surface area contributed by atoms with Gasteiger partial charge < -0.3 is 15.6 Å². The predicted octanol–water partition coefficient (Wildman–Crippen LogP) is 5.10. The van der Waals surface area contributed by atoms with Crippen molar-refractivity contribution < 1.29 is 19.4 Å². The van der Waals surface area contributed by atoms with Crippen LogP contribution < -0.4 is 10.5 Å². The number of carboxylic acid groups (broad SMARTS) is 1. The minimum Gasteiger partial charge on any atom is -0.478 e. The largest absolute Gasteiger partial charge is 0.478 e. The summed E-state index contributed by atoms with van der Waals surface area (Å²) in [6, 6.07) is 25.0. The van der Waals surface area contributed by atoms with Crippen LogP contribution in [0.3, 0.4) is 0 Å². The van der Waals surface area contributed by atoms with Crippen molar-refractivity contribution >= 4 is 22.6 Å². The highest BCUT2D eigenvalue weighted by Crippen LogP contribution is 2.33. The molecular formula is C24H17NO4. The van der Waals surface area contributed by atoms with Gasteiger partial charge in [-0.1, -0.05) is 48.5 Å². The maximum absolute atomic E-state index is 11.9. The molecule has 0 saturated carbocycles. The average Bonchev–Trinajstić information content (AvgIpc) is 2.73. The van der Waals surface area contributed by atoms with Crippen molar-refractivity contribution in [1.29, 1.82) is 0 Å². The molecule has 1 amide bonds.